The number of hydrogen-bond acceptors (Lipinski definition) is 8. The highest BCUT2D eigenvalue weighted by Gasteiger charge is 2.40. The molecular weight excluding hydrogens is 385 g/mol. The van der Waals surface area contributed by atoms with Gasteiger partial charge in [-0.2, -0.15) is 0 Å². The van der Waals surface area contributed by atoms with Crippen LogP contribution in [0.2, 0.25) is 5.15 Å². The molecule has 3 atom stereocenters. The summed E-state index contributed by atoms with van der Waals surface area (Å²) in [5.74, 6) is 1.01. The number of imidazole rings is 1. The third kappa shape index (κ3) is 3.05. The Morgan fingerprint density at radius 3 is 2.54 bits per heavy atom. The maximum absolute atomic E-state index is 13.3. The van der Waals surface area contributed by atoms with Gasteiger partial charge in [0.25, 0.3) is 0 Å². The highest BCUT2D eigenvalue weighted by Crippen LogP contribution is 2.40. The van der Waals surface area contributed by atoms with Gasteiger partial charge in [-0.1, -0.05) is 11.6 Å². The second-order valence-corrected chi connectivity index (χ2v) is 6.94. The van der Waals surface area contributed by atoms with Gasteiger partial charge in [0.1, 0.15) is 17.1 Å². The normalized spacial score (nSPS) is 20.2. The van der Waals surface area contributed by atoms with Gasteiger partial charge < -0.3 is 20.1 Å². The number of rotatable bonds is 3. The van der Waals surface area contributed by atoms with Crippen LogP contribution in [0.1, 0.15) is 30.5 Å². The molecule has 28 heavy (non-hydrogen) atoms. The largest absolute Gasteiger partial charge is 0.338 e. The molecule has 9 nitrogen and oxygen atoms in total. The lowest BCUT2D eigenvalue weighted by molar-refractivity contribution is 0.432. The van der Waals surface area contributed by atoms with E-state index in [-0.39, 0.29) is 0 Å². The average molecular weight is 404 g/mol. The Morgan fingerprint density at radius 1 is 1.18 bits per heavy atom. The van der Waals surface area contributed by atoms with Crippen LogP contribution in [0, 0.1) is 5.82 Å². The lowest BCUT2D eigenvalue weighted by Crippen LogP contribution is -2.62. The minimum Gasteiger partial charge on any atom is -0.338 e. The van der Waals surface area contributed by atoms with Crippen LogP contribution in [-0.2, 0) is 7.05 Å². The third-order valence-electron chi connectivity index (χ3n) is 4.69. The summed E-state index contributed by atoms with van der Waals surface area (Å²) in [5, 5.41) is 0.307. The van der Waals surface area contributed by atoms with E-state index in [0.717, 1.165) is 18.0 Å². The van der Waals surface area contributed by atoms with Crippen LogP contribution in [0.25, 0.3) is 0 Å². The quantitative estimate of drug-likeness (QED) is 0.635. The molecule has 0 aliphatic carbocycles. The Bertz CT molecular complexity index is 993. The first-order chi connectivity index (χ1) is 13.4. The maximum Gasteiger partial charge on any atom is 0.159 e. The van der Waals surface area contributed by atoms with Crippen molar-refractivity contribution < 1.29 is 4.39 Å². The van der Waals surface area contributed by atoms with Crippen molar-refractivity contribution in [1.29, 1.82) is 0 Å². The summed E-state index contributed by atoms with van der Waals surface area (Å²) in [4.78, 5) is 20.6. The summed E-state index contributed by atoms with van der Waals surface area (Å²) in [6.07, 6.45) is 4.41. The summed E-state index contributed by atoms with van der Waals surface area (Å²) in [5.41, 5.74) is 13.8. The van der Waals surface area contributed by atoms with E-state index in [1.807, 2.05) is 26.2 Å². The summed E-state index contributed by atoms with van der Waals surface area (Å²) in [7, 11) is 1.86. The predicted molar refractivity (Wildman–Crippen MR) is 103 cm³/mol. The van der Waals surface area contributed by atoms with Crippen LogP contribution in [0.4, 0.5) is 16.0 Å². The van der Waals surface area contributed by atoms with Gasteiger partial charge in [-0.15, -0.1) is 0 Å². The van der Waals surface area contributed by atoms with Crippen molar-refractivity contribution in [1.82, 2.24) is 24.5 Å². The minimum atomic E-state index is -0.730. The summed E-state index contributed by atoms with van der Waals surface area (Å²) in [6, 6.07) is 3.05. The van der Waals surface area contributed by atoms with Gasteiger partial charge in [0.05, 0.1) is 24.8 Å². The van der Waals surface area contributed by atoms with Crippen LogP contribution in [-0.4, -0.2) is 30.8 Å². The first-order valence-corrected chi connectivity index (χ1v) is 8.94. The van der Waals surface area contributed by atoms with E-state index in [1.165, 1.54) is 0 Å². The van der Waals surface area contributed by atoms with Crippen LogP contribution in [0.5, 0.6) is 0 Å². The molecule has 2 unspecified atom stereocenters. The average Bonchev–Trinajstić information content (AvgIpc) is 3.08. The Morgan fingerprint density at radius 2 is 1.89 bits per heavy atom. The van der Waals surface area contributed by atoms with E-state index >= 15 is 0 Å². The van der Waals surface area contributed by atoms with Gasteiger partial charge in [0.2, 0.25) is 0 Å². The Balaban J connectivity index is 1.84. The molecule has 0 amide bonds. The van der Waals surface area contributed by atoms with Gasteiger partial charge in [0, 0.05) is 18.8 Å². The standard InChI is InChI=1S/C17H19ClFN9/c1-9(15-22-5-10(19)6-23-15)27-16-11(3-4-12(18)25-16)14(20)28(17(27)21)13-7-26(2)8-24-13/h3-9,14,17H,20-21H2,1-2H3/t9-,14?,17?/m0/s1. The molecule has 0 aromatic carbocycles. The molecule has 3 aromatic heterocycles. The number of halogens is 2. The first-order valence-electron chi connectivity index (χ1n) is 8.56. The van der Waals surface area contributed by atoms with Crippen LogP contribution in [0.3, 0.4) is 0 Å². The van der Waals surface area contributed by atoms with E-state index in [4.69, 9.17) is 23.1 Å². The number of hydrogen-bond donors (Lipinski definition) is 2. The summed E-state index contributed by atoms with van der Waals surface area (Å²) < 4.78 is 15.1. The molecule has 1 aliphatic heterocycles. The topological polar surface area (TPSA) is 115 Å². The fourth-order valence-electron chi connectivity index (χ4n) is 3.33. The minimum absolute atomic E-state index is 0.307. The van der Waals surface area contributed by atoms with Gasteiger partial charge in [-0.25, -0.2) is 24.3 Å². The molecule has 0 radical (unpaired) electrons. The fraction of sp³-hybridized carbons (Fsp3) is 0.294. The van der Waals surface area contributed by atoms with Crippen LogP contribution < -0.4 is 21.3 Å². The predicted octanol–water partition coefficient (Wildman–Crippen LogP) is 1.69. The molecule has 0 bridgehead atoms. The third-order valence-corrected chi connectivity index (χ3v) is 4.90. The first kappa shape index (κ1) is 18.5. The number of nitrogens with two attached hydrogens (primary N) is 2. The van der Waals surface area contributed by atoms with E-state index in [0.29, 0.717) is 22.6 Å². The monoisotopic (exact) mass is 403 g/mol. The van der Waals surface area contributed by atoms with E-state index in [2.05, 4.69) is 19.9 Å². The highest BCUT2D eigenvalue weighted by atomic mass is 35.5. The van der Waals surface area contributed by atoms with Crippen molar-refractivity contribution in [3.05, 3.63) is 59.4 Å². The highest BCUT2D eigenvalue weighted by molar-refractivity contribution is 6.29. The molecule has 146 valence electrons. The van der Waals surface area contributed by atoms with E-state index in [1.54, 1.807) is 26.8 Å². The zero-order chi connectivity index (χ0) is 20.0. The number of nitrogens with zero attached hydrogens (tertiary/aromatic N) is 7. The van der Waals surface area contributed by atoms with Gasteiger partial charge >= 0.3 is 0 Å². The molecule has 3 aromatic rings. The van der Waals surface area contributed by atoms with Crippen molar-refractivity contribution in [2.24, 2.45) is 18.5 Å². The number of aryl methyl sites for hydroxylation is 1. The van der Waals surface area contributed by atoms with Crippen molar-refractivity contribution in [2.45, 2.75) is 25.4 Å². The van der Waals surface area contributed by atoms with E-state index in [9.17, 15) is 4.39 Å². The molecule has 11 heteroatoms. The molecule has 4 N–H and O–H groups in total. The molecule has 0 saturated carbocycles. The zero-order valence-electron chi connectivity index (χ0n) is 15.2. The fourth-order valence-corrected chi connectivity index (χ4v) is 3.48. The van der Waals surface area contributed by atoms with Gasteiger partial charge in [0.15, 0.2) is 23.7 Å². The van der Waals surface area contributed by atoms with E-state index < -0.39 is 24.3 Å². The number of fused-ring (bicyclic) bond motifs is 1. The Labute approximate surface area is 165 Å². The molecule has 1 aliphatic rings. The zero-order valence-corrected chi connectivity index (χ0v) is 16.0. The molecule has 4 heterocycles. The smallest absolute Gasteiger partial charge is 0.159 e. The molecule has 0 fully saturated rings. The Kier molecular flexibility index (Phi) is 4.61. The lowest BCUT2D eigenvalue weighted by atomic mass is 10.1. The molecule has 4 rings (SSSR count). The van der Waals surface area contributed by atoms with Gasteiger partial charge in [-0.3, -0.25) is 5.73 Å². The second-order valence-electron chi connectivity index (χ2n) is 6.55. The summed E-state index contributed by atoms with van der Waals surface area (Å²) >= 11 is 6.14. The number of pyridine rings is 1. The van der Waals surface area contributed by atoms with Crippen molar-refractivity contribution in [3.8, 4) is 0 Å². The van der Waals surface area contributed by atoms with Crippen molar-refractivity contribution >= 4 is 23.2 Å². The van der Waals surface area contributed by atoms with Crippen LogP contribution in [0.15, 0.2) is 37.1 Å². The molecule has 0 saturated heterocycles. The molecule has 0 spiro atoms. The van der Waals surface area contributed by atoms with Crippen LogP contribution >= 0.6 is 11.6 Å². The summed E-state index contributed by atoms with van der Waals surface area (Å²) in [6.45, 7) is 1.85. The van der Waals surface area contributed by atoms with Gasteiger partial charge in [-0.05, 0) is 19.1 Å². The SMILES string of the molecule is C[C@@H](c1ncc(F)cn1)N1c2nc(Cl)ccc2C(N)N(c2cn(C)cn2)C1N. The number of aromatic nitrogens is 5. The van der Waals surface area contributed by atoms with Crippen molar-refractivity contribution in [2.75, 3.05) is 9.80 Å². The maximum atomic E-state index is 13.3. The number of anilines is 2. The van der Waals surface area contributed by atoms with Crippen molar-refractivity contribution in [3.63, 3.8) is 0 Å². The molecular formula is C17H19ClFN9. The Hall–Kier alpha value is -2.82. The lowest BCUT2D eigenvalue weighted by Gasteiger charge is -2.48. The second kappa shape index (κ2) is 6.97.